The van der Waals surface area contributed by atoms with Crippen molar-refractivity contribution in [2.75, 3.05) is 0 Å². The van der Waals surface area contributed by atoms with Crippen molar-refractivity contribution in [1.29, 1.82) is 0 Å². The smallest absolute Gasteiger partial charge is 0.343 e. The van der Waals surface area contributed by atoms with Gasteiger partial charge in [-0.25, -0.2) is 4.79 Å². The maximum absolute atomic E-state index is 12.1. The molecule has 1 aliphatic heterocycles. The van der Waals surface area contributed by atoms with Gasteiger partial charge in [-0.15, -0.1) is 0 Å². The van der Waals surface area contributed by atoms with E-state index >= 15 is 0 Å². The second kappa shape index (κ2) is 3.48. The van der Waals surface area contributed by atoms with Gasteiger partial charge in [0.15, 0.2) is 0 Å². The maximum atomic E-state index is 12.1. The van der Waals surface area contributed by atoms with Crippen LogP contribution < -0.4 is 10.4 Å². The summed E-state index contributed by atoms with van der Waals surface area (Å²) in [7, 11) is 0. The van der Waals surface area contributed by atoms with E-state index in [0.717, 1.165) is 29.5 Å². The van der Waals surface area contributed by atoms with E-state index in [1.807, 2.05) is 18.2 Å². The molecule has 0 bridgehead atoms. The largest absolute Gasteiger partial charge is 0.484 e. The molecule has 1 aromatic heterocycles. The topological polar surface area (TPSA) is 39.4 Å². The average Bonchev–Trinajstić information content (AvgIpc) is 2.79. The lowest BCUT2D eigenvalue weighted by atomic mass is 9.88. The molecule has 90 valence electrons. The summed E-state index contributed by atoms with van der Waals surface area (Å²) in [4.78, 5) is 12.1. The quantitative estimate of drug-likeness (QED) is 0.525. The Morgan fingerprint density at radius 3 is 3.06 bits per heavy atom. The fraction of sp³-hybridized carbons (Fsp3) is 0.267. The van der Waals surface area contributed by atoms with Crippen LogP contribution in [0.4, 0.5) is 0 Å². The molecular weight excluding hydrogens is 228 g/mol. The molecule has 3 nitrogen and oxygen atoms in total. The molecule has 0 fully saturated rings. The molecular formula is C15H12O3. The van der Waals surface area contributed by atoms with Crippen LogP contribution in [-0.2, 0) is 0 Å². The van der Waals surface area contributed by atoms with E-state index in [-0.39, 0.29) is 17.6 Å². The highest BCUT2D eigenvalue weighted by atomic mass is 16.5. The minimum absolute atomic E-state index is 0.00227. The van der Waals surface area contributed by atoms with Gasteiger partial charge in [-0.3, -0.25) is 0 Å². The van der Waals surface area contributed by atoms with Crippen LogP contribution in [0, 0.1) is 0 Å². The highest BCUT2D eigenvalue weighted by Crippen LogP contribution is 2.44. The van der Waals surface area contributed by atoms with Crippen LogP contribution in [0.15, 0.2) is 45.6 Å². The van der Waals surface area contributed by atoms with Crippen molar-refractivity contribution in [3.05, 3.63) is 52.4 Å². The Morgan fingerprint density at radius 1 is 1.22 bits per heavy atom. The minimum Gasteiger partial charge on any atom is -0.484 e. The number of allylic oxidation sites excluding steroid dienone is 1. The van der Waals surface area contributed by atoms with Crippen molar-refractivity contribution in [1.82, 2.24) is 0 Å². The van der Waals surface area contributed by atoms with E-state index in [1.165, 1.54) is 0 Å². The zero-order valence-electron chi connectivity index (χ0n) is 9.76. The number of ether oxygens (including phenoxy) is 1. The first kappa shape index (κ1) is 9.95. The predicted octanol–water partition coefficient (Wildman–Crippen LogP) is 2.99. The summed E-state index contributed by atoms with van der Waals surface area (Å²) in [5, 5.41) is 0.898. The van der Waals surface area contributed by atoms with Crippen LogP contribution in [0.1, 0.15) is 24.3 Å². The molecule has 0 saturated carbocycles. The van der Waals surface area contributed by atoms with Gasteiger partial charge in [0, 0.05) is 5.92 Å². The fourth-order valence-corrected chi connectivity index (χ4v) is 2.95. The lowest BCUT2D eigenvalue weighted by Crippen LogP contribution is -2.20. The molecule has 0 radical (unpaired) electrons. The summed E-state index contributed by atoms with van der Waals surface area (Å²) in [6.45, 7) is 0. The Labute approximate surface area is 104 Å². The third kappa shape index (κ3) is 1.22. The van der Waals surface area contributed by atoms with Gasteiger partial charge < -0.3 is 9.15 Å². The highest BCUT2D eigenvalue weighted by molar-refractivity contribution is 5.85. The van der Waals surface area contributed by atoms with Crippen LogP contribution in [0.25, 0.3) is 11.0 Å². The van der Waals surface area contributed by atoms with E-state index in [4.69, 9.17) is 9.15 Å². The molecule has 18 heavy (non-hydrogen) atoms. The summed E-state index contributed by atoms with van der Waals surface area (Å²) >= 11 is 0. The van der Waals surface area contributed by atoms with Gasteiger partial charge in [0.2, 0.25) is 0 Å². The number of hydrogen-bond acceptors (Lipinski definition) is 3. The normalized spacial score (nSPS) is 24.7. The molecule has 2 heterocycles. The van der Waals surface area contributed by atoms with Gasteiger partial charge in [0.1, 0.15) is 17.4 Å². The molecule has 2 aromatic rings. The third-order valence-electron chi connectivity index (χ3n) is 3.79. The van der Waals surface area contributed by atoms with E-state index in [9.17, 15) is 4.79 Å². The van der Waals surface area contributed by atoms with Gasteiger partial charge in [-0.05, 0) is 31.1 Å². The van der Waals surface area contributed by atoms with Gasteiger partial charge in [0.05, 0.1) is 10.9 Å². The Bertz CT molecular complexity index is 711. The summed E-state index contributed by atoms with van der Waals surface area (Å²) in [6, 6.07) is 7.54. The second-order valence-corrected chi connectivity index (χ2v) is 4.82. The molecule has 0 saturated heterocycles. The summed E-state index contributed by atoms with van der Waals surface area (Å²) < 4.78 is 11.4. The molecule has 0 amide bonds. The van der Waals surface area contributed by atoms with E-state index < -0.39 is 0 Å². The molecule has 2 aliphatic rings. The molecule has 2 unspecified atom stereocenters. The summed E-state index contributed by atoms with van der Waals surface area (Å²) in [6.07, 6.45) is 6.13. The Hall–Kier alpha value is -2.03. The van der Waals surface area contributed by atoms with E-state index in [2.05, 4.69) is 12.2 Å². The van der Waals surface area contributed by atoms with Crippen molar-refractivity contribution >= 4 is 11.0 Å². The highest BCUT2D eigenvalue weighted by Gasteiger charge is 2.38. The van der Waals surface area contributed by atoms with Crippen molar-refractivity contribution in [3.8, 4) is 5.75 Å². The SMILES string of the molecule is O=c1oc2ccccc2c2c1C1CCC=CC1O2. The lowest BCUT2D eigenvalue weighted by molar-refractivity contribution is 0.246. The fourth-order valence-electron chi connectivity index (χ4n) is 2.95. The second-order valence-electron chi connectivity index (χ2n) is 4.82. The Kier molecular flexibility index (Phi) is 1.92. The molecule has 3 heteroatoms. The van der Waals surface area contributed by atoms with Crippen molar-refractivity contribution in [3.63, 3.8) is 0 Å². The predicted molar refractivity (Wildman–Crippen MR) is 68.0 cm³/mol. The van der Waals surface area contributed by atoms with Crippen molar-refractivity contribution in [2.45, 2.75) is 24.9 Å². The van der Waals surface area contributed by atoms with E-state index in [1.54, 1.807) is 6.07 Å². The molecule has 0 N–H and O–H groups in total. The first-order valence-corrected chi connectivity index (χ1v) is 6.23. The van der Waals surface area contributed by atoms with Crippen molar-refractivity contribution in [2.24, 2.45) is 0 Å². The summed E-state index contributed by atoms with van der Waals surface area (Å²) in [5.41, 5.74) is 1.08. The monoisotopic (exact) mass is 240 g/mol. The zero-order chi connectivity index (χ0) is 12.1. The Balaban J connectivity index is 2.05. The molecule has 1 aliphatic carbocycles. The van der Waals surface area contributed by atoms with Gasteiger partial charge in [0.25, 0.3) is 0 Å². The number of para-hydroxylation sites is 1. The van der Waals surface area contributed by atoms with Gasteiger partial charge >= 0.3 is 5.63 Å². The molecule has 2 atom stereocenters. The maximum Gasteiger partial charge on any atom is 0.343 e. The first-order valence-electron chi connectivity index (χ1n) is 6.23. The van der Waals surface area contributed by atoms with Crippen LogP contribution in [-0.4, -0.2) is 6.10 Å². The van der Waals surface area contributed by atoms with Crippen LogP contribution in [0.2, 0.25) is 0 Å². The first-order chi connectivity index (χ1) is 8.84. The molecule has 0 spiro atoms. The van der Waals surface area contributed by atoms with Crippen molar-refractivity contribution < 1.29 is 9.15 Å². The number of benzene rings is 1. The van der Waals surface area contributed by atoms with E-state index in [0.29, 0.717) is 5.58 Å². The molecule has 1 aromatic carbocycles. The lowest BCUT2D eigenvalue weighted by Gasteiger charge is -2.17. The molecule has 4 rings (SSSR count). The zero-order valence-corrected chi connectivity index (χ0v) is 9.76. The minimum atomic E-state index is -0.244. The third-order valence-corrected chi connectivity index (χ3v) is 3.79. The number of hydrogen-bond donors (Lipinski definition) is 0. The standard InChI is InChI=1S/C15H12O3/c16-15-13-9-5-1-3-7-11(9)17-14(13)10-6-2-4-8-12(10)18-15/h2-4,6-9,11H,1,5H2. The van der Waals surface area contributed by atoms with Gasteiger partial charge in [-0.1, -0.05) is 18.2 Å². The van der Waals surface area contributed by atoms with Gasteiger partial charge in [-0.2, -0.15) is 0 Å². The number of fused-ring (bicyclic) bond motifs is 5. The van der Waals surface area contributed by atoms with Crippen LogP contribution >= 0.6 is 0 Å². The Morgan fingerprint density at radius 2 is 2.11 bits per heavy atom. The average molecular weight is 240 g/mol. The van der Waals surface area contributed by atoms with Crippen LogP contribution in [0.3, 0.4) is 0 Å². The number of rotatable bonds is 0. The summed E-state index contributed by atoms with van der Waals surface area (Å²) in [5.74, 6) is 0.884. The van der Waals surface area contributed by atoms with Crippen LogP contribution in [0.5, 0.6) is 5.75 Å².